The van der Waals surface area contributed by atoms with Gasteiger partial charge < -0.3 is 4.74 Å². The third kappa shape index (κ3) is 4.24. The van der Waals surface area contributed by atoms with Crippen LogP contribution in [0.5, 0.6) is 5.75 Å². The van der Waals surface area contributed by atoms with Crippen molar-refractivity contribution in [3.63, 3.8) is 0 Å². The summed E-state index contributed by atoms with van der Waals surface area (Å²) in [6.45, 7) is 2.51. The molecule has 0 saturated carbocycles. The molecule has 0 aliphatic carbocycles. The Labute approximate surface area is 157 Å². The lowest BCUT2D eigenvalue weighted by Gasteiger charge is -2.27. The molecule has 1 fully saturated rings. The predicted octanol–water partition coefficient (Wildman–Crippen LogP) is 3.90. The van der Waals surface area contributed by atoms with Crippen LogP contribution >= 0.6 is 11.8 Å². The van der Waals surface area contributed by atoms with Crippen LogP contribution in [0.4, 0.5) is 5.69 Å². The smallest absolute Gasteiger partial charge is 0.266 e. The molecular formula is C20H19N3O2S. The Morgan fingerprint density at radius 1 is 1.27 bits per heavy atom. The van der Waals surface area contributed by atoms with Crippen molar-refractivity contribution in [2.75, 3.05) is 18.9 Å². The lowest BCUT2D eigenvalue weighted by molar-refractivity contribution is -0.129. The first-order valence-electron chi connectivity index (χ1n) is 8.38. The summed E-state index contributed by atoms with van der Waals surface area (Å²) in [4.78, 5) is 19.0. The summed E-state index contributed by atoms with van der Waals surface area (Å²) < 4.78 is 5.59. The molecule has 2 aromatic rings. The summed E-state index contributed by atoms with van der Waals surface area (Å²) in [7, 11) is 0. The van der Waals surface area contributed by atoms with E-state index >= 15 is 0 Å². The maximum absolute atomic E-state index is 12.7. The Balaban J connectivity index is 1.74. The standard InChI is InChI=1S/C20H19N3O2S/c1-15-7-2-4-9-17(15)22-20-23(11-6-12-26-20)19(24)14-25-18-10-5-3-8-16(18)13-21/h2-5,7-10H,6,11-12,14H2,1H3. The van der Waals surface area contributed by atoms with E-state index in [1.165, 1.54) is 0 Å². The van der Waals surface area contributed by atoms with Gasteiger partial charge in [-0.25, -0.2) is 4.99 Å². The third-order valence-electron chi connectivity index (χ3n) is 3.98. The number of ether oxygens (including phenoxy) is 1. The van der Waals surface area contributed by atoms with E-state index in [2.05, 4.69) is 11.1 Å². The second-order valence-corrected chi connectivity index (χ2v) is 6.89. The van der Waals surface area contributed by atoms with Gasteiger partial charge in [0.15, 0.2) is 11.8 Å². The molecule has 0 atom stereocenters. The van der Waals surface area contributed by atoms with Gasteiger partial charge in [-0.05, 0) is 37.1 Å². The van der Waals surface area contributed by atoms with Gasteiger partial charge in [-0.3, -0.25) is 9.69 Å². The van der Waals surface area contributed by atoms with E-state index < -0.39 is 0 Å². The zero-order valence-electron chi connectivity index (χ0n) is 14.5. The lowest BCUT2D eigenvalue weighted by Crippen LogP contribution is -2.41. The quantitative estimate of drug-likeness (QED) is 0.824. The van der Waals surface area contributed by atoms with Crippen LogP contribution in [-0.4, -0.2) is 34.9 Å². The van der Waals surface area contributed by atoms with Crippen LogP contribution < -0.4 is 4.74 Å². The van der Waals surface area contributed by atoms with Gasteiger partial charge in [0.25, 0.3) is 5.91 Å². The fourth-order valence-corrected chi connectivity index (χ4v) is 3.55. The van der Waals surface area contributed by atoms with Crippen molar-refractivity contribution < 1.29 is 9.53 Å². The van der Waals surface area contributed by atoms with Gasteiger partial charge in [0.05, 0.1) is 11.3 Å². The van der Waals surface area contributed by atoms with Gasteiger partial charge in [0.1, 0.15) is 11.8 Å². The van der Waals surface area contributed by atoms with Crippen LogP contribution in [0, 0.1) is 18.3 Å². The van der Waals surface area contributed by atoms with Crippen molar-refractivity contribution in [1.29, 1.82) is 5.26 Å². The first-order valence-corrected chi connectivity index (χ1v) is 9.37. The van der Waals surface area contributed by atoms with Crippen molar-refractivity contribution >= 4 is 28.5 Å². The predicted molar refractivity (Wildman–Crippen MR) is 104 cm³/mol. The topological polar surface area (TPSA) is 65.7 Å². The van der Waals surface area contributed by atoms with E-state index in [4.69, 9.17) is 10.00 Å². The molecule has 1 heterocycles. The third-order valence-corrected chi connectivity index (χ3v) is 5.04. The van der Waals surface area contributed by atoms with E-state index in [9.17, 15) is 4.79 Å². The Morgan fingerprint density at radius 3 is 2.85 bits per heavy atom. The van der Waals surface area contributed by atoms with E-state index in [0.29, 0.717) is 23.0 Å². The molecule has 0 unspecified atom stereocenters. The fourth-order valence-electron chi connectivity index (χ4n) is 2.58. The highest BCUT2D eigenvalue weighted by Gasteiger charge is 2.24. The Morgan fingerprint density at radius 2 is 2.04 bits per heavy atom. The van der Waals surface area contributed by atoms with Crippen molar-refractivity contribution in [2.45, 2.75) is 13.3 Å². The number of rotatable bonds is 4. The van der Waals surface area contributed by atoms with Gasteiger partial charge in [0.2, 0.25) is 0 Å². The minimum Gasteiger partial charge on any atom is -0.482 e. The van der Waals surface area contributed by atoms with Gasteiger partial charge in [0, 0.05) is 12.3 Å². The first kappa shape index (κ1) is 18.0. The van der Waals surface area contributed by atoms with Crippen molar-refractivity contribution in [3.05, 3.63) is 59.7 Å². The van der Waals surface area contributed by atoms with Crippen LogP contribution in [0.2, 0.25) is 0 Å². The van der Waals surface area contributed by atoms with Crippen molar-refractivity contribution in [1.82, 2.24) is 4.90 Å². The van der Waals surface area contributed by atoms with Crippen LogP contribution in [0.3, 0.4) is 0 Å². The molecule has 5 nitrogen and oxygen atoms in total. The molecule has 3 rings (SSSR count). The number of benzene rings is 2. The van der Waals surface area contributed by atoms with E-state index in [-0.39, 0.29) is 12.5 Å². The number of amides is 1. The summed E-state index contributed by atoms with van der Waals surface area (Å²) in [6.07, 6.45) is 0.915. The van der Waals surface area contributed by atoms with Gasteiger partial charge in [-0.1, -0.05) is 42.1 Å². The number of aliphatic imine (C=N–C) groups is 1. The summed E-state index contributed by atoms with van der Waals surface area (Å²) in [5, 5.41) is 9.82. The summed E-state index contributed by atoms with van der Waals surface area (Å²) >= 11 is 1.58. The molecule has 0 aromatic heterocycles. The summed E-state index contributed by atoms with van der Waals surface area (Å²) in [5.74, 6) is 1.20. The number of hydrogen-bond donors (Lipinski definition) is 0. The fraction of sp³-hybridized carbons (Fsp3) is 0.250. The van der Waals surface area contributed by atoms with E-state index in [1.807, 2.05) is 31.2 Å². The molecule has 0 bridgehead atoms. The molecule has 1 aliphatic rings. The van der Waals surface area contributed by atoms with Crippen LogP contribution in [0.15, 0.2) is 53.5 Å². The number of carbonyl (C=O) groups excluding carboxylic acids is 1. The minimum atomic E-state index is -0.155. The first-order chi connectivity index (χ1) is 12.7. The lowest BCUT2D eigenvalue weighted by atomic mass is 10.2. The summed E-state index contributed by atoms with van der Waals surface area (Å²) in [6, 6.07) is 16.8. The van der Waals surface area contributed by atoms with Crippen LogP contribution in [0.1, 0.15) is 17.5 Å². The van der Waals surface area contributed by atoms with Gasteiger partial charge >= 0.3 is 0 Å². The highest BCUT2D eigenvalue weighted by Crippen LogP contribution is 2.25. The molecule has 1 aliphatic heterocycles. The number of aryl methyl sites for hydroxylation is 1. The van der Waals surface area contributed by atoms with Crippen LogP contribution in [0.25, 0.3) is 0 Å². The van der Waals surface area contributed by atoms with E-state index in [0.717, 1.165) is 23.4 Å². The highest BCUT2D eigenvalue weighted by atomic mass is 32.2. The second-order valence-electron chi connectivity index (χ2n) is 5.82. The number of thioether (sulfide) groups is 1. The molecule has 1 amide bonds. The zero-order chi connectivity index (χ0) is 18.4. The van der Waals surface area contributed by atoms with E-state index in [1.54, 1.807) is 40.9 Å². The minimum absolute atomic E-state index is 0.119. The average Bonchev–Trinajstić information content (AvgIpc) is 2.68. The van der Waals surface area contributed by atoms with Gasteiger partial charge in [-0.15, -0.1) is 0 Å². The van der Waals surface area contributed by atoms with Gasteiger partial charge in [-0.2, -0.15) is 5.26 Å². The molecule has 0 radical (unpaired) electrons. The number of hydrogen-bond acceptors (Lipinski definition) is 5. The number of para-hydroxylation sites is 2. The molecule has 0 N–H and O–H groups in total. The molecular weight excluding hydrogens is 346 g/mol. The molecule has 0 spiro atoms. The largest absolute Gasteiger partial charge is 0.482 e. The van der Waals surface area contributed by atoms with Crippen molar-refractivity contribution in [3.8, 4) is 11.8 Å². The highest BCUT2D eigenvalue weighted by molar-refractivity contribution is 8.13. The maximum atomic E-state index is 12.7. The molecule has 2 aromatic carbocycles. The Kier molecular flexibility index (Phi) is 5.92. The Hall–Kier alpha value is -2.78. The molecule has 1 saturated heterocycles. The van der Waals surface area contributed by atoms with Crippen molar-refractivity contribution in [2.24, 2.45) is 4.99 Å². The normalized spacial score (nSPS) is 15.5. The number of nitriles is 1. The number of nitrogens with zero attached hydrogens (tertiary/aromatic N) is 3. The number of amidine groups is 1. The molecule has 132 valence electrons. The molecule has 26 heavy (non-hydrogen) atoms. The SMILES string of the molecule is Cc1ccccc1N=C1SCCCN1C(=O)COc1ccccc1C#N. The monoisotopic (exact) mass is 365 g/mol. The van der Waals surface area contributed by atoms with Crippen LogP contribution in [-0.2, 0) is 4.79 Å². The maximum Gasteiger partial charge on any atom is 0.266 e. The average molecular weight is 365 g/mol. The molecule has 6 heteroatoms. The summed E-state index contributed by atoms with van der Waals surface area (Å²) in [5.41, 5.74) is 2.35. The second kappa shape index (κ2) is 8.54. The Bertz CT molecular complexity index is 873. The number of carbonyl (C=O) groups is 1. The zero-order valence-corrected chi connectivity index (χ0v) is 15.3.